The highest BCUT2D eigenvalue weighted by Crippen LogP contribution is 2.07. The first-order valence-corrected chi connectivity index (χ1v) is 4.89. The molecule has 0 saturated carbocycles. The molecule has 0 saturated heterocycles. The molecule has 6 heteroatoms. The number of carboxylic acids is 1. The van der Waals surface area contributed by atoms with E-state index in [1.165, 1.54) is 6.08 Å². The van der Waals surface area contributed by atoms with Crippen molar-refractivity contribution in [2.45, 2.75) is 12.8 Å². The van der Waals surface area contributed by atoms with Crippen molar-refractivity contribution in [1.82, 2.24) is 0 Å². The number of rotatable bonds is 5. The third-order valence-electron chi connectivity index (χ3n) is 1.18. The fourth-order valence-electron chi connectivity index (χ4n) is 0.654. The lowest BCUT2D eigenvalue weighted by atomic mass is 10.2. The summed E-state index contributed by atoms with van der Waals surface area (Å²) in [6.07, 6.45) is 1.83. The molecule has 0 amide bonds. The smallest absolute Gasteiger partial charge is 0.332 e. The maximum absolute atomic E-state index is 10.4. The lowest BCUT2D eigenvalue weighted by molar-refractivity contribution is -0.132. The SMILES string of the molecule is C=CCC/C(=C\S(=O)(=O)O)C(=O)O. The molecule has 0 aromatic rings. The molecule has 0 unspecified atom stereocenters. The van der Waals surface area contributed by atoms with Crippen LogP contribution in [0.5, 0.6) is 0 Å². The lowest BCUT2D eigenvalue weighted by Gasteiger charge is -1.97. The maximum atomic E-state index is 10.4. The molecule has 0 spiro atoms. The fraction of sp³-hybridized carbons (Fsp3) is 0.286. The predicted octanol–water partition coefficient (Wildman–Crippen LogP) is 0.809. The van der Waals surface area contributed by atoms with E-state index in [0.29, 0.717) is 11.8 Å². The van der Waals surface area contributed by atoms with Crippen molar-refractivity contribution < 1.29 is 22.9 Å². The van der Waals surface area contributed by atoms with Crippen molar-refractivity contribution in [3.63, 3.8) is 0 Å². The van der Waals surface area contributed by atoms with Crippen molar-refractivity contribution >= 4 is 16.1 Å². The number of carboxylic acid groups (broad SMARTS) is 1. The van der Waals surface area contributed by atoms with E-state index in [9.17, 15) is 13.2 Å². The Morgan fingerprint density at radius 1 is 1.46 bits per heavy atom. The summed E-state index contributed by atoms with van der Waals surface area (Å²) in [5.74, 6) is -1.36. The standard InChI is InChI=1S/C7H10O5S/c1-2-3-4-6(7(8)9)5-13(10,11)12/h2,5H,1,3-4H2,(H,8,9)(H,10,11,12)/b6-5+. The van der Waals surface area contributed by atoms with Gasteiger partial charge in [0.05, 0.1) is 11.0 Å². The molecule has 5 nitrogen and oxygen atoms in total. The second-order valence-corrected chi connectivity index (χ2v) is 3.56. The van der Waals surface area contributed by atoms with Crippen LogP contribution in [0.15, 0.2) is 23.6 Å². The van der Waals surface area contributed by atoms with Gasteiger partial charge in [0.2, 0.25) is 0 Å². The highest BCUT2D eigenvalue weighted by molar-refractivity contribution is 7.88. The minimum atomic E-state index is -4.38. The second-order valence-electron chi connectivity index (χ2n) is 2.29. The molecular formula is C7H10O5S. The topological polar surface area (TPSA) is 91.7 Å². The molecule has 0 rings (SSSR count). The second kappa shape index (κ2) is 4.78. The number of allylic oxidation sites excluding steroid dienone is 1. The molecule has 0 fully saturated rings. The van der Waals surface area contributed by atoms with Crippen LogP contribution < -0.4 is 0 Å². The van der Waals surface area contributed by atoms with Gasteiger partial charge in [0.1, 0.15) is 0 Å². The first-order valence-electron chi connectivity index (χ1n) is 3.39. The Kier molecular flexibility index (Phi) is 4.36. The Balaban J connectivity index is 4.71. The van der Waals surface area contributed by atoms with Gasteiger partial charge in [0.15, 0.2) is 0 Å². The highest BCUT2D eigenvalue weighted by atomic mass is 32.2. The zero-order valence-corrected chi connectivity index (χ0v) is 7.62. The third-order valence-corrected chi connectivity index (χ3v) is 1.77. The van der Waals surface area contributed by atoms with Gasteiger partial charge in [0, 0.05) is 0 Å². The van der Waals surface area contributed by atoms with E-state index in [0.717, 1.165) is 0 Å². The van der Waals surface area contributed by atoms with E-state index in [-0.39, 0.29) is 12.0 Å². The molecule has 0 radical (unpaired) electrons. The summed E-state index contributed by atoms with van der Waals surface area (Å²) in [7, 11) is -4.38. The van der Waals surface area contributed by atoms with Gasteiger partial charge in [-0.15, -0.1) is 6.58 Å². The Morgan fingerprint density at radius 3 is 2.31 bits per heavy atom. The summed E-state index contributed by atoms with van der Waals surface area (Å²) >= 11 is 0. The van der Waals surface area contributed by atoms with Gasteiger partial charge >= 0.3 is 5.97 Å². The molecule has 0 atom stereocenters. The number of hydrogen-bond donors (Lipinski definition) is 2. The molecule has 0 aliphatic heterocycles. The van der Waals surface area contributed by atoms with E-state index in [2.05, 4.69) is 6.58 Å². The van der Waals surface area contributed by atoms with Gasteiger partial charge in [-0.3, -0.25) is 4.55 Å². The maximum Gasteiger partial charge on any atom is 0.332 e. The molecule has 0 heterocycles. The normalized spacial score (nSPS) is 12.5. The average molecular weight is 206 g/mol. The van der Waals surface area contributed by atoms with Crippen LogP contribution >= 0.6 is 0 Å². The number of carbonyl (C=O) groups is 1. The monoisotopic (exact) mass is 206 g/mol. The van der Waals surface area contributed by atoms with Gasteiger partial charge in [0.25, 0.3) is 10.1 Å². The largest absolute Gasteiger partial charge is 0.478 e. The predicted molar refractivity (Wildman–Crippen MR) is 46.7 cm³/mol. The van der Waals surface area contributed by atoms with Crippen LogP contribution in [0, 0.1) is 0 Å². The third kappa shape index (κ3) is 6.06. The Hall–Kier alpha value is -1.14. The molecule has 74 valence electrons. The number of aliphatic carboxylic acids is 1. The number of hydrogen-bond acceptors (Lipinski definition) is 3. The Bertz CT molecular complexity index is 325. The molecule has 0 aliphatic carbocycles. The Labute approximate surface area is 76.1 Å². The molecule has 0 bridgehead atoms. The first kappa shape index (κ1) is 11.9. The van der Waals surface area contributed by atoms with Gasteiger partial charge in [-0.05, 0) is 12.8 Å². The van der Waals surface area contributed by atoms with Crippen LogP contribution in [0.25, 0.3) is 0 Å². The summed E-state index contributed by atoms with van der Waals surface area (Å²) in [6, 6.07) is 0. The van der Waals surface area contributed by atoms with E-state index >= 15 is 0 Å². The zero-order chi connectivity index (χ0) is 10.5. The summed E-state index contributed by atoms with van der Waals surface area (Å²) in [6.45, 7) is 3.36. The quantitative estimate of drug-likeness (QED) is 0.394. The van der Waals surface area contributed by atoms with Gasteiger partial charge in [-0.1, -0.05) is 6.08 Å². The van der Waals surface area contributed by atoms with Gasteiger partial charge in [-0.2, -0.15) is 8.42 Å². The summed E-state index contributed by atoms with van der Waals surface area (Å²) < 4.78 is 28.9. The molecule has 0 aromatic heterocycles. The van der Waals surface area contributed by atoms with Crippen LogP contribution in [0.4, 0.5) is 0 Å². The van der Waals surface area contributed by atoms with E-state index in [1.807, 2.05) is 0 Å². The van der Waals surface area contributed by atoms with Crippen LogP contribution in [0.2, 0.25) is 0 Å². The minimum Gasteiger partial charge on any atom is -0.478 e. The fourth-order valence-corrected chi connectivity index (χ4v) is 1.23. The average Bonchev–Trinajstić information content (AvgIpc) is 1.95. The van der Waals surface area contributed by atoms with Crippen molar-refractivity contribution in [2.24, 2.45) is 0 Å². The van der Waals surface area contributed by atoms with Crippen molar-refractivity contribution in [1.29, 1.82) is 0 Å². The zero-order valence-electron chi connectivity index (χ0n) is 6.80. The Morgan fingerprint density at radius 2 is 2.00 bits per heavy atom. The lowest BCUT2D eigenvalue weighted by Crippen LogP contribution is -2.04. The van der Waals surface area contributed by atoms with Crippen LogP contribution in [-0.2, 0) is 14.9 Å². The molecule has 0 aliphatic rings. The van der Waals surface area contributed by atoms with E-state index in [1.54, 1.807) is 0 Å². The molecule has 13 heavy (non-hydrogen) atoms. The summed E-state index contributed by atoms with van der Waals surface area (Å²) in [4.78, 5) is 10.4. The van der Waals surface area contributed by atoms with Gasteiger partial charge < -0.3 is 5.11 Å². The van der Waals surface area contributed by atoms with E-state index < -0.39 is 16.1 Å². The summed E-state index contributed by atoms with van der Waals surface area (Å²) in [5, 5.41) is 8.82. The van der Waals surface area contributed by atoms with Crippen LogP contribution in [-0.4, -0.2) is 24.0 Å². The highest BCUT2D eigenvalue weighted by Gasteiger charge is 2.10. The van der Waals surface area contributed by atoms with Crippen LogP contribution in [0.1, 0.15) is 12.8 Å². The van der Waals surface area contributed by atoms with Crippen molar-refractivity contribution in [3.8, 4) is 0 Å². The van der Waals surface area contributed by atoms with Crippen LogP contribution in [0.3, 0.4) is 0 Å². The summed E-state index contributed by atoms with van der Waals surface area (Å²) in [5.41, 5.74) is -0.359. The molecular weight excluding hydrogens is 196 g/mol. The molecule has 0 aromatic carbocycles. The minimum absolute atomic E-state index is 0.0264. The molecule has 2 N–H and O–H groups in total. The van der Waals surface area contributed by atoms with Gasteiger partial charge in [-0.25, -0.2) is 4.79 Å². The van der Waals surface area contributed by atoms with Crippen molar-refractivity contribution in [2.75, 3.05) is 0 Å². The van der Waals surface area contributed by atoms with Crippen molar-refractivity contribution in [3.05, 3.63) is 23.6 Å². The first-order chi connectivity index (χ1) is 5.87. The van der Waals surface area contributed by atoms with E-state index in [4.69, 9.17) is 9.66 Å².